The Labute approximate surface area is 67.7 Å². The van der Waals surface area contributed by atoms with Crippen molar-refractivity contribution in [3.05, 3.63) is 24.3 Å². The molecule has 0 aliphatic heterocycles. The van der Waals surface area contributed by atoms with Crippen LogP contribution in [-0.4, -0.2) is 18.8 Å². The molecule has 0 spiro atoms. The summed E-state index contributed by atoms with van der Waals surface area (Å²) in [5, 5.41) is 0. The molecule has 1 aliphatic carbocycles. The third-order valence-electron chi connectivity index (χ3n) is 2.20. The molecular formula is C9H15NO. The Bertz CT molecular complexity index is 186. The van der Waals surface area contributed by atoms with Gasteiger partial charge in [-0.25, -0.2) is 0 Å². The third-order valence-corrected chi connectivity index (χ3v) is 2.20. The second-order valence-electron chi connectivity index (χ2n) is 2.87. The van der Waals surface area contributed by atoms with Gasteiger partial charge in [0.1, 0.15) is 0 Å². The second-order valence-corrected chi connectivity index (χ2v) is 2.87. The first kappa shape index (κ1) is 8.50. The average Bonchev–Trinajstić information content (AvgIpc) is 2.05. The van der Waals surface area contributed by atoms with Gasteiger partial charge >= 0.3 is 0 Å². The summed E-state index contributed by atoms with van der Waals surface area (Å²) in [5.41, 5.74) is 5.75. The first-order valence-electron chi connectivity index (χ1n) is 3.90. The highest BCUT2D eigenvalue weighted by molar-refractivity contribution is 5.24. The van der Waals surface area contributed by atoms with Crippen molar-refractivity contribution in [1.82, 2.24) is 0 Å². The van der Waals surface area contributed by atoms with Crippen LogP contribution in [0.2, 0.25) is 0 Å². The Balaban J connectivity index is 2.77. The predicted molar refractivity (Wildman–Crippen MR) is 46.3 cm³/mol. The van der Waals surface area contributed by atoms with Crippen LogP contribution in [0.3, 0.4) is 0 Å². The molecule has 0 fully saturated rings. The quantitative estimate of drug-likeness (QED) is 0.647. The number of hydrogen-bond donors (Lipinski definition) is 1. The molecule has 2 nitrogen and oxygen atoms in total. The smallest absolute Gasteiger partial charge is 0.0970 e. The summed E-state index contributed by atoms with van der Waals surface area (Å²) >= 11 is 0. The minimum absolute atomic E-state index is 0.0255. The molecule has 0 bridgehead atoms. The van der Waals surface area contributed by atoms with Crippen LogP contribution in [0, 0.1) is 0 Å². The number of hydrogen-bond acceptors (Lipinski definition) is 2. The summed E-state index contributed by atoms with van der Waals surface area (Å²) in [4.78, 5) is 0. The molecule has 1 rings (SSSR count). The molecule has 2 N–H and O–H groups in total. The first-order valence-corrected chi connectivity index (χ1v) is 3.90. The van der Waals surface area contributed by atoms with E-state index in [-0.39, 0.29) is 11.6 Å². The molecule has 0 radical (unpaired) electrons. The van der Waals surface area contributed by atoms with Crippen LogP contribution >= 0.6 is 0 Å². The van der Waals surface area contributed by atoms with Crippen LogP contribution in [0.1, 0.15) is 13.3 Å². The minimum Gasteiger partial charge on any atom is -0.375 e. The number of allylic oxidation sites excluding steroid dienone is 2. The maximum Gasteiger partial charge on any atom is 0.0970 e. The maximum atomic E-state index is 6.05. The van der Waals surface area contributed by atoms with E-state index < -0.39 is 0 Å². The van der Waals surface area contributed by atoms with Crippen LogP contribution in [0.5, 0.6) is 0 Å². The van der Waals surface area contributed by atoms with Crippen LogP contribution in [-0.2, 0) is 4.74 Å². The Morgan fingerprint density at radius 2 is 2.27 bits per heavy atom. The van der Waals surface area contributed by atoms with Gasteiger partial charge in [0.05, 0.1) is 11.6 Å². The molecule has 11 heavy (non-hydrogen) atoms. The van der Waals surface area contributed by atoms with Gasteiger partial charge in [0.15, 0.2) is 0 Å². The molecule has 0 saturated carbocycles. The van der Waals surface area contributed by atoms with Gasteiger partial charge in [0, 0.05) is 7.11 Å². The largest absolute Gasteiger partial charge is 0.375 e. The molecule has 0 aromatic rings. The van der Waals surface area contributed by atoms with Gasteiger partial charge in [-0.15, -0.1) is 0 Å². The van der Waals surface area contributed by atoms with E-state index in [1.54, 1.807) is 7.11 Å². The molecule has 0 amide bonds. The fourth-order valence-corrected chi connectivity index (χ4v) is 1.29. The lowest BCUT2D eigenvalue weighted by Gasteiger charge is -2.32. The van der Waals surface area contributed by atoms with Gasteiger partial charge in [0.25, 0.3) is 0 Å². The normalized spacial score (nSPS) is 36.1. The summed E-state index contributed by atoms with van der Waals surface area (Å²) in [7, 11) is 1.69. The second kappa shape index (κ2) is 3.20. The lowest BCUT2D eigenvalue weighted by atomic mass is 9.87. The average molecular weight is 153 g/mol. The van der Waals surface area contributed by atoms with E-state index in [0.29, 0.717) is 0 Å². The fraction of sp³-hybridized carbons (Fsp3) is 0.556. The lowest BCUT2D eigenvalue weighted by molar-refractivity contribution is 0.0879. The number of methoxy groups -OCH3 is 1. The van der Waals surface area contributed by atoms with E-state index in [0.717, 1.165) is 6.42 Å². The molecule has 2 heteroatoms. The van der Waals surface area contributed by atoms with Crippen LogP contribution in [0.15, 0.2) is 24.3 Å². The van der Waals surface area contributed by atoms with Crippen LogP contribution in [0.4, 0.5) is 0 Å². The molecule has 0 heterocycles. The number of ether oxygens (including phenoxy) is 1. The fourth-order valence-electron chi connectivity index (χ4n) is 1.29. The van der Waals surface area contributed by atoms with Gasteiger partial charge in [-0.1, -0.05) is 31.2 Å². The van der Waals surface area contributed by atoms with Crippen molar-refractivity contribution in [3.8, 4) is 0 Å². The molecule has 1 aliphatic rings. The first-order chi connectivity index (χ1) is 5.23. The Kier molecular flexibility index (Phi) is 2.47. The summed E-state index contributed by atoms with van der Waals surface area (Å²) in [6.45, 7) is 2.06. The van der Waals surface area contributed by atoms with Crippen molar-refractivity contribution in [2.24, 2.45) is 5.73 Å². The number of rotatable bonds is 2. The zero-order chi connectivity index (χ0) is 8.32. The van der Waals surface area contributed by atoms with E-state index in [4.69, 9.17) is 10.5 Å². The Morgan fingerprint density at radius 3 is 2.73 bits per heavy atom. The maximum absolute atomic E-state index is 6.05. The van der Waals surface area contributed by atoms with E-state index in [2.05, 4.69) is 6.92 Å². The molecule has 62 valence electrons. The zero-order valence-corrected chi connectivity index (χ0v) is 7.08. The highest BCUT2D eigenvalue weighted by atomic mass is 16.5. The molecule has 2 atom stereocenters. The molecule has 0 saturated heterocycles. The number of nitrogens with two attached hydrogens (primary N) is 1. The summed E-state index contributed by atoms with van der Waals surface area (Å²) in [6, 6.07) is 0. The summed E-state index contributed by atoms with van der Waals surface area (Å²) in [6.07, 6.45) is 8.85. The highest BCUT2D eigenvalue weighted by Gasteiger charge is 2.29. The molecule has 0 aromatic heterocycles. The van der Waals surface area contributed by atoms with E-state index >= 15 is 0 Å². The van der Waals surface area contributed by atoms with E-state index in [1.165, 1.54) is 0 Å². The van der Waals surface area contributed by atoms with Crippen molar-refractivity contribution in [2.75, 3.05) is 7.11 Å². The van der Waals surface area contributed by atoms with Crippen molar-refractivity contribution in [3.63, 3.8) is 0 Å². The van der Waals surface area contributed by atoms with Crippen molar-refractivity contribution < 1.29 is 4.74 Å². The third kappa shape index (κ3) is 1.52. The Morgan fingerprint density at radius 1 is 1.55 bits per heavy atom. The minimum atomic E-state index is -0.302. The van der Waals surface area contributed by atoms with Crippen molar-refractivity contribution in [1.29, 1.82) is 0 Å². The monoisotopic (exact) mass is 153 g/mol. The summed E-state index contributed by atoms with van der Waals surface area (Å²) < 4.78 is 5.23. The zero-order valence-electron chi connectivity index (χ0n) is 7.08. The standard InChI is InChI=1S/C9H15NO/c1-3-9(10)7-5-4-6-8(9)11-2/h4-8H,3,10H2,1-2H3/t8?,9-/m1/s1. The molecular weight excluding hydrogens is 138 g/mol. The van der Waals surface area contributed by atoms with Gasteiger partial charge in [-0.05, 0) is 6.42 Å². The van der Waals surface area contributed by atoms with Crippen molar-refractivity contribution >= 4 is 0 Å². The van der Waals surface area contributed by atoms with Crippen molar-refractivity contribution in [2.45, 2.75) is 25.0 Å². The van der Waals surface area contributed by atoms with Gasteiger partial charge in [-0.2, -0.15) is 0 Å². The molecule has 1 unspecified atom stereocenters. The SMILES string of the molecule is CC[C@@]1(N)C=CC=CC1OC. The van der Waals surface area contributed by atoms with Gasteiger partial charge in [0.2, 0.25) is 0 Å². The topological polar surface area (TPSA) is 35.2 Å². The van der Waals surface area contributed by atoms with E-state index in [9.17, 15) is 0 Å². The predicted octanol–water partition coefficient (Wildman–Crippen LogP) is 1.23. The lowest BCUT2D eigenvalue weighted by Crippen LogP contribution is -2.49. The highest BCUT2D eigenvalue weighted by Crippen LogP contribution is 2.20. The molecule has 0 aromatic carbocycles. The van der Waals surface area contributed by atoms with Crippen LogP contribution < -0.4 is 5.73 Å². The summed E-state index contributed by atoms with van der Waals surface area (Å²) in [5.74, 6) is 0. The Hall–Kier alpha value is -0.600. The van der Waals surface area contributed by atoms with Gasteiger partial charge in [-0.3, -0.25) is 0 Å². The van der Waals surface area contributed by atoms with Gasteiger partial charge < -0.3 is 10.5 Å². The van der Waals surface area contributed by atoms with Crippen LogP contribution in [0.25, 0.3) is 0 Å². The van der Waals surface area contributed by atoms with E-state index in [1.807, 2.05) is 24.3 Å².